The van der Waals surface area contributed by atoms with Crippen LogP contribution in [-0.2, 0) is 12.8 Å². The molecule has 8 aliphatic rings. The fourth-order valence-electron chi connectivity index (χ4n) is 13.8. The Bertz CT molecular complexity index is 1630. The lowest BCUT2D eigenvalue weighted by Crippen LogP contribution is -2.45. The van der Waals surface area contributed by atoms with E-state index < -0.39 is 0 Å². The highest BCUT2D eigenvalue weighted by atomic mass is 14.6. The van der Waals surface area contributed by atoms with Crippen LogP contribution in [0.2, 0.25) is 0 Å². The van der Waals surface area contributed by atoms with Crippen LogP contribution in [0.4, 0.5) is 0 Å². The number of aryl methyl sites for hydroxylation is 2. The van der Waals surface area contributed by atoms with E-state index in [2.05, 4.69) is 99.9 Å². The van der Waals surface area contributed by atoms with Gasteiger partial charge in [0.15, 0.2) is 0 Å². The Balaban J connectivity index is 0.000000179. The van der Waals surface area contributed by atoms with Gasteiger partial charge in [0.2, 0.25) is 0 Å². The highest BCUT2D eigenvalue weighted by Gasteiger charge is 2.53. The molecule has 4 bridgehead atoms. The van der Waals surface area contributed by atoms with E-state index in [1.54, 1.807) is 0 Å². The molecular weight excluding hydrogens is 709 g/mol. The van der Waals surface area contributed by atoms with E-state index in [0.717, 1.165) is 23.7 Å². The molecule has 0 radical (unpaired) electrons. The Labute approximate surface area is 365 Å². The van der Waals surface area contributed by atoms with Gasteiger partial charge in [-0.05, 0) is 185 Å². The van der Waals surface area contributed by atoms with Crippen molar-refractivity contribution in [1.29, 1.82) is 0 Å². The molecule has 0 spiro atoms. The summed E-state index contributed by atoms with van der Waals surface area (Å²) in [6.07, 6.45) is 44.0. The third-order valence-electron chi connectivity index (χ3n) is 18.1. The zero-order valence-corrected chi connectivity index (χ0v) is 38.8. The first-order valence-corrected chi connectivity index (χ1v) is 26.1. The first-order valence-electron chi connectivity index (χ1n) is 26.1. The van der Waals surface area contributed by atoms with Gasteiger partial charge in [0.1, 0.15) is 0 Å². The summed E-state index contributed by atoms with van der Waals surface area (Å²) in [5.41, 5.74) is 7.38. The Morgan fingerprint density at radius 3 is 1.10 bits per heavy atom. The van der Waals surface area contributed by atoms with E-state index in [-0.39, 0.29) is 0 Å². The third kappa shape index (κ3) is 11.3. The molecule has 0 amide bonds. The normalized spacial score (nSPS) is 33.5. The number of hydrogen-bond acceptors (Lipinski definition) is 0. The Kier molecular flexibility index (Phi) is 15.9. The topological polar surface area (TPSA) is 0 Å². The van der Waals surface area contributed by atoms with Crippen LogP contribution in [0.5, 0.6) is 0 Å². The molecule has 2 aromatic rings. The molecule has 322 valence electrons. The maximum absolute atomic E-state index is 3.80. The number of rotatable bonds is 13. The molecule has 0 atom stereocenters. The molecule has 2 aromatic carbocycles. The molecule has 0 unspecified atom stereocenters. The van der Waals surface area contributed by atoms with Crippen LogP contribution in [0.3, 0.4) is 0 Å². The molecule has 0 saturated heterocycles. The minimum atomic E-state index is 0.335. The summed E-state index contributed by atoms with van der Waals surface area (Å²) < 4.78 is 0. The minimum Gasteiger partial charge on any atom is -0.0911 e. The molecule has 8 saturated carbocycles. The molecule has 0 aliphatic heterocycles. The summed E-state index contributed by atoms with van der Waals surface area (Å²) in [4.78, 5) is 0. The fraction of sp³-hybridized carbons (Fsp3) is 0.729. The molecular formula is C59H86. The van der Waals surface area contributed by atoms with Crippen molar-refractivity contribution in [1.82, 2.24) is 0 Å². The first-order chi connectivity index (χ1) is 28.8. The monoisotopic (exact) mass is 795 g/mol. The molecule has 59 heavy (non-hydrogen) atoms. The largest absolute Gasteiger partial charge is 0.0911 e. The third-order valence-corrected chi connectivity index (χ3v) is 18.1. The second-order valence-corrected chi connectivity index (χ2v) is 21.8. The number of hydrogen-bond donors (Lipinski definition) is 0. The predicted octanol–water partition coefficient (Wildman–Crippen LogP) is 17.0. The van der Waals surface area contributed by atoms with Gasteiger partial charge in [0.05, 0.1) is 0 Å². The molecule has 0 nitrogen and oxygen atoms in total. The zero-order chi connectivity index (χ0) is 41.0. The van der Waals surface area contributed by atoms with Gasteiger partial charge in [-0.15, -0.1) is 0 Å². The lowest BCUT2D eigenvalue weighted by Gasteiger charge is -2.56. The van der Waals surface area contributed by atoms with Crippen molar-refractivity contribution < 1.29 is 0 Å². The van der Waals surface area contributed by atoms with E-state index in [1.807, 2.05) is 0 Å². The lowest BCUT2D eigenvalue weighted by atomic mass is 9.48. The first kappa shape index (κ1) is 44.6. The van der Waals surface area contributed by atoms with Crippen molar-refractivity contribution in [2.45, 2.75) is 227 Å². The van der Waals surface area contributed by atoms with Crippen LogP contribution in [0.25, 0.3) is 0 Å². The van der Waals surface area contributed by atoms with Crippen LogP contribution < -0.4 is 0 Å². The average Bonchev–Trinajstić information content (AvgIpc) is 3.30. The van der Waals surface area contributed by atoms with Gasteiger partial charge in [0.25, 0.3) is 0 Å². The fourth-order valence-corrected chi connectivity index (χ4v) is 13.8. The second-order valence-electron chi connectivity index (χ2n) is 21.8. The van der Waals surface area contributed by atoms with Crippen LogP contribution in [0.1, 0.15) is 236 Å². The molecule has 10 rings (SSSR count). The van der Waals surface area contributed by atoms with E-state index in [1.165, 1.54) is 221 Å². The smallest absolute Gasteiger partial charge is 0.0319 e. The Morgan fingerprint density at radius 2 is 0.763 bits per heavy atom. The maximum atomic E-state index is 3.80. The molecule has 8 fully saturated rings. The zero-order valence-electron chi connectivity index (χ0n) is 38.8. The van der Waals surface area contributed by atoms with Gasteiger partial charge in [-0.2, -0.15) is 0 Å². The summed E-state index contributed by atoms with van der Waals surface area (Å²) in [5.74, 6) is 18.9. The van der Waals surface area contributed by atoms with E-state index in [0.29, 0.717) is 21.7 Å². The van der Waals surface area contributed by atoms with E-state index in [4.69, 9.17) is 0 Å². The number of unbranched alkanes of at least 4 members (excludes halogenated alkanes) is 3. The Hall–Kier alpha value is -2.44. The number of fused-ring (bicyclic) bond motifs is 6. The van der Waals surface area contributed by atoms with Gasteiger partial charge in [-0.1, -0.05) is 159 Å². The quantitative estimate of drug-likeness (QED) is 0.140. The van der Waals surface area contributed by atoms with Crippen molar-refractivity contribution in [2.24, 2.45) is 45.3 Å². The van der Waals surface area contributed by atoms with Crippen molar-refractivity contribution in [3.8, 4) is 23.7 Å². The molecule has 0 heteroatoms. The molecule has 0 aromatic heterocycles. The van der Waals surface area contributed by atoms with Gasteiger partial charge >= 0.3 is 0 Å². The van der Waals surface area contributed by atoms with Crippen LogP contribution >= 0.6 is 0 Å². The second kappa shape index (κ2) is 21.1. The molecule has 0 heterocycles. The van der Waals surface area contributed by atoms with E-state index in [9.17, 15) is 0 Å². The highest BCUT2D eigenvalue weighted by molar-refractivity contribution is 5.39. The summed E-state index contributed by atoms with van der Waals surface area (Å²) in [7, 11) is 0. The van der Waals surface area contributed by atoms with Crippen LogP contribution in [0, 0.1) is 69.0 Å². The SMILES string of the molecule is CCCCC1CCC(C23CCC(C#Cc4ccc(CCC)cc4)(CC2)CC3)CC1.CCCCCC1CCC(C23CCC(C#Cc4ccc(CCC)cc4)(CC2)CC3)CC1. The summed E-state index contributed by atoms with van der Waals surface area (Å²) in [6.45, 7) is 9.16. The predicted molar refractivity (Wildman–Crippen MR) is 254 cm³/mol. The van der Waals surface area contributed by atoms with Crippen molar-refractivity contribution in [2.75, 3.05) is 0 Å². The average molecular weight is 795 g/mol. The van der Waals surface area contributed by atoms with Gasteiger partial charge < -0.3 is 0 Å². The van der Waals surface area contributed by atoms with E-state index >= 15 is 0 Å². The molecule has 8 aliphatic carbocycles. The van der Waals surface area contributed by atoms with Gasteiger partial charge in [-0.3, -0.25) is 0 Å². The molecule has 0 N–H and O–H groups in total. The van der Waals surface area contributed by atoms with Crippen molar-refractivity contribution >= 4 is 0 Å². The van der Waals surface area contributed by atoms with Gasteiger partial charge in [0, 0.05) is 22.0 Å². The maximum Gasteiger partial charge on any atom is 0.0319 e. The minimum absolute atomic E-state index is 0.335. The van der Waals surface area contributed by atoms with Crippen molar-refractivity contribution in [3.63, 3.8) is 0 Å². The standard InChI is InChI=1S/C30H44.C29H42/c1-3-5-6-8-26-13-15-28(16-14-26)30-22-19-29(20-23-30,21-24-30)18-17-27-11-9-25(7-4-2)10-12-27;1-3-5-7-25-12-14-27(15-13-25)29-21-18-28(19-22-29,20-23-29)17-16-26-10-8-24(6-4-2)9-11-26/h9-12,26,28H,3-8,13-16,19-24H2,1-2H3;8-11,25,27H,3-7,12-15,18-23H2,1-2H3. The summed E-state index contributed by atoms with van der Waals surface area (Å²) in [5, 5.41) is 0. The number of benzene rings is 2. The van der Waals surface area contributed by atoms with Crippen LogP contribution in [-0.4, -0.2) is 0 Å². The van der Waals surface area contributed by atoms with Gasteiger partial charge in [-0.25, -0.2) is 0 Å². The summed E-state index contributed by atoms with van der Waals surface area (Å²) >= 11 is 0. The Morgan fingerprint density at radius 1 is 0.407 bits per heavy atom. The van der Waals surface area contributed by atoms with Crippen molar-refractivity contribution in [3.05, 3.63) is 70.8 Å². The lowest BCUT2D eigenvalue weighted by molar-refractivity contribution is -0.0379. The van der Waals surface area contributed by atoms with Crippen LogP contribution in [0.15, 0.2) is 48.5 Å². The summed E-state index contributed by atoms with van der Waals surface area (Å²) in [6, 6.07) is 18.0. The highest BCUT2D eigenvalue weighted by Crippen LogP contribution is 2.63.